The summed E-state index contributed by atoms with van der Waals surface area (Å²) in [5.41, 5.74) is 24.1. The third-order valence-corrected chi connectivity index (χ3v) is 23.0. The molecule has 40 nitrogen and oxygen atoms in total. The van der Waals surface area contributed by atoms with Gasteiger partial charge in [0, 0.05) is 170 Å². The van der Waals surface area contributed by atoms with Crippen LogP contribution < -0.4 is 52.4 Å². The number of fused-ring (bicyclic) bond motifs is 25. The molecule has 0 spiro atoms. The Morgan fingerprint density at radius 2 is 0.640 bits per heavy atom. The Bertz CT molecular complexity index is 9890. The monoisotopic (exact) mass is 2060 g/mol. The summed E-state index contributed by atoms with van der Waals surface area (Å²) in [4.78, 5) is 108. The lowest BCUT2D eigenvalue weighted by Crippen LogP contribution is -2.28. The van der Waals surface area contributed by atoms with Crippen molar-refractivity contribution in [1.29, 1.82) is 0 Å². The summed E-state index contributed by atoms with van der Waals surface area (Å²) in [6.07, 6.45) is -7.16. The smallest absolute Gasteiger partial charge is 0.260 e. The fourth-order valence-corrected chi connectivity index (χ4v) is 15.9. The van der Waals surface area contributed by atoms with Gasteiger partial charge in [-0.1, -0.05) is 32.9 Å². The second kappa shape index (κ2) is 42.0. The van der Waals surface area contributed by atoms with Crippen molar-refractivity contribution in [1.82, 2.24) is 98.3 Å². The molecule has 15 heterocycles. The van der Waals surface area contributed by atoms with E-state index in [1.165, 1.54) is 109 Å². The number of hydrogen-bond acceptors (Lipinski definition) is 25. The average Bonchev–Trinajstić information content (AvgIpc) is 1.57. The van der Waals surface area contributed by atoms with Crippen LogP contribution in [-0.2, 0) is 67.9 Å². The van der Waals surface area contributed by atoms with Gasteiger partial charge in [-0.05, 0) is 183 Å². The molecule has 5 aromatic carbocycles. The zero-order chi connectivity index (χ0) is 135. The van der Waals surface area contributed by atoms with Crippen LogP contribution in [0.5, 0.6) is 28.7 Å². The molecule has 5 amide bonds. The molecule has 10 aromatic heterocycles. The van der Waals surface area contributed by atoms with Crippen molar-refractivity contribution in [3.8, 4) is 84.4 Å². The number of nitrogens with zero attached hydrogens (tertiary/aromatic N) is 25. The Hall–Kier alpha value is -19.6. The quantitative estimate of drug-likeness (QED) is 0.0695. The summed E-state index contributed by atoms with van der Waals surface area (Å²) in [6.45, 7) is 18.6. The molecule has 10 N–H and O–H groups in total. The van der Waals surface area contributed by atoms with Gasteiger partial charge in [0.1, 0.15) is 88.0 Å². The first-order valence-electron chi connectivity index (χ1n) is 58.9. The first-order chi connectivity index (χ1) is 84.0. The number of aromatic nitrogens is 15. The van der Waals surface area contributed by atoms with Crippen LogP contribution in [0.2, 0.25) is 0 Å². The molecule has 10 bridgehead atoms. The van der Waals surface area contributed by atoms with E-state index < -0.39 is 266 Å². The first kappa shape index (κ1) is 70.1. The Kier molecular flexibility index (Phi) is 19.6. The van der Waals surface area contributed by atoms with Crippen molar-refractivity contribution >= 4 is 87.7 Å². The highest BCUT2D eigenvalue weighted by Crippen LogP contribution is 2.47. The maximum absolute atomic E-state index is 14.8. The van der Waals surface area contributed by atoms with Crippen molar-refractivity contribution in [2.75, 3.05) is 63.7 Å². The van der Waals surface area contributed by atoms with Crippen LogP contribution in [0.4, 0.5) is 80.1 Å². The Labute approximate surface area is 898 Å². The minimum Gasteiger partial charge on any atom is -0.482 e. The zero-order valence-electron chi connectivity index (χ0n) is 111. The molecule has 150 heavy (non-hydrogen) atoms. The van der Waals surface area contributed by atoms with Gasteiger partial charge < -0.3 is 101 Å². The number of aryl methyl sites for hydroxylation is 5. The number of rotatable bonds is 0. The molecule has 0 unspecified atom stereocenters. The lowest BCUT2D eigenvalue weighted by molar-refractivity contribution is 0.0771. The van der Waals surface area contributed by atoms with Crippen LogP contribution >= 0.6 is 0 Å². The van der Waals surface area contributed by atoms with E-state index in [1.54, 1.807) is 0 Å². The lowest BCUT2D eigenvalue weighted by atomic mass is 10.0. The molecule has 0 saturated carbocycles. The maximum Gasteiger partial charge on any atom is 0.260 e. The van der Waals surface area contributed by atoms with Gasteiger partial charge in [-0.15, -0.1) is 25.5 Å². The van der Waals surface area contributed by atoms with E-state index in [2.05, 4.69) is 74.6 Å². The summed E-state index contributed by atoms with van der Waals surface area (Å²) in [5.74, 6) is -14.4. The molecule has 45 heteroatoms. The number of ether oxygens (including phenoxy) is 5. The fraction of sp³-hybridized carbons (Fsp3) is 0.238. The van der Waals surface area contributed by atoms with Gasteiger partial charge in [-0.2, -0.15) is 0 Å². The van der Waals surface area contributed by atoms with Crippen LogP contribution in [0, 0.1) is 61.9 Å². The summed E-state index contributed by atoms with van der Waals surface area (Å²) in [7, 11) is 9.60. The molecule has 760 valence electrons. The van der Waals surface area contributed by atoms with Crippen molar-refractivity contribution in [2.24, 2.45) is 35.2 Å². The van der Waals surface area contributed by atoms with Crippen LogP contribution in [-0.4, -0.2) is 163 Å². The van der Waals surface area contributed by atoms with Crippen molar-refractivity contribution in [2.45, 2.75) is 97.6 Å². The summed E-state index contributed by atoms with van der Waals surface area (Å²) >= 11 is 0. The molecule has 0 saturated heterocycles. The summed E-state index contributed by atoms with van der Waals surface area (Å²) in [5, 5.41) is 20.9. The van der Waals surface area contributed by atoms with Gasteiger partial charge in [0.2, 0.25) is 0 Å². The van der Waals surface area contributed by atoms with Crippen molar-refractivity contribution < 1.29 is 112 Å². The molecule has 0 radical (unpaired) electrons. The number of hydrogen-bond donors (Lipinski definition) is 5. The Morgan fingerprint density at radius 3 is 1.01 bits per heavy atom. The van der Waals surface area contributed by atoms with Gasteiger partial charge in [-0.25, -0.2) is 70.3 Å². The number of nitrogens with two attached hydrogens (primary N) is 5. The van der Waals surface area contributed by atoms with Crippen LogP contribution in [0.1, 0.15) is 216 Å². The number of carbonyl (C=O) groups excluding carboxylic acids is 5. The second-order valence-electron chi connectivity index (χ2n) is 32.8. The van der Waals surface area contributed by atoms with Gasteiger partial charge >= 0.3 is 0 Å². The SMILES string of the molecule is [2H]C([2H])([2H])N1C(=O)c2ccc(F)cc2[C@@H](C)Oc2cc(cnc2N)-c2c(nn(C)c2[N+]#[C-])C1([2H])[2H].[2H]C([2H])([2H])N1Cc2nn(C)c([N+]#[C-])c2-c2cnc(N)c(c2)O[C@@]([2H])(C([2H])([2H])[2H])c2cc(F)ccc2C1=O.[2H]C1([2H])c2nn(C)c([N+]#[C-])c2-c2cnc(N)c(c2)O[C@@]([2H])(C([2H])([2H])[2H])c2cc(F)ccc2C(=O)N1C.[2H]c1nc(N)c2c([2H])c1-c1c(nn(C)c1[N+]#[C-])CN(C([2H])([2H])[2H])C(=O)c1c([2H])c([2H])c(F)c([2H])c1[C@@H](C)O2.[2H]c1nc(N)c2c([2H])c1-c1c(nn(C)c1[N+]#[C-])CN(C)C(=O)c1c([2H])c([2H])c(F)c([2H])c1[C@@H](C)O2. The molecular weight excluding hydrogens is 1940 g/mol. The largest absolute Gasteiger partial charge is 0.482 e. The number of carbonyl (C=O) groups is 5. The Balaban J connectivity index is 0.000000156. The number of benzene rings is 5. The van der Waals surface area contributed by atoms with E-state index in [1.807, 2.05) is 0 Å². The van der Waals surface area contributed by atoms with Crippen LogP contribution in [0.15, 0.2) is 152 Å². The van der Waals surface area contributed by atoms with Gasteiger partial charge in [-0.3, -0.25) is 24.0 Å². The minimum atomic E-state index is -3.33. The molecule has 20 rings (SSSR count). The van der Waals surface area contributed by atoms with Crippen LogP contribution in [0.3, 0.4) is 0 Å². The molecule has 15 aromatic rings. The lowest BCUT2D eigenvalue weighted by Gasteiger charge is -2.23. The number of anilines is 5. The maximum atomic E-state index is 14.8. The zero-order valence-corrected chi connectivity index (χ0v) is 79.6. The Morgan fingerprint density at radius 1 is 0.347 bits per heavy atom. The van der Waals surface area contributed by atoms with E-state index in [4.69, 9.17) is 128 Å². The molecular formula is C105H95F5N30O10. The molecule has 5 aliphatic rings. The normalized spacial score (nSPS) is 21.0. The standard InChI is InChI=1S/5C21H19FN6O2/c5*1-11-15-8-13(22)5-6-14(15)21(29)27(3)10-16-18(20(24-2)28(4)26-16)12-7-17(30-11)19(23)25-9-12/h5*5-9,11H,10H2,1,3-4H3,(H2,23,25)/t5*11-/m11100/s1/i3D3,5D,6D,7D,8D,9D;5D,6D,7D,8D,9D;3D3,10D2;1D3,10D2,11D;1D3,3D3,11D. The molecule has 0 aliphatic carbocycles. The number of nitrogen functional groups attached to an aromatic ring is 5. The summed E-state index contributed by atoms with van der Waals surface area (Å²) in [6, 6.07) is 5.37. The topological polar surface area (TPSA) is 453 Å². The fourth-order valence-electron chi connectivity index (χ4n) is 15.9. The van der Waals surface area contributed by atoms with Gasteiger partial charge in [0.15, 0.2) is 57.8 Å². The first-order valence-corrected chi connectivity index (χ1v) is 43.4. The van der Waals surface area contributed by atoms with Gasteiger partial charge in [0.05, 0.1) is 89.8 Å². The number of amides is 5. The predicted octanol–water partition coefficient (Wildman–Crippen LogP) is 17.4. The molecule has 0 fully saturated rings. The van der Waals surface area contributed by atoms with E-state index in [0.717, 1.165) is 68.5 Å². The van der Waals surface area contributed by atoms with E-state index in [0.29, 0.717) is 26.8 Å². The molecule has 5 atom stereocenters. The second-order valence-corrected chi connectivity index (χ2v) is 32.8. The van der Waals surface area contributed by atoms with E-state index in [9.17, 15) is 45.9 Å². The van der Waals surface area contributed by atoms with Gasteiger partial charge in [0.25, 0.3) is 58.6 Å². The van der Waals surface area contributed by atoms with E-state index in [-0.39, 0.29) is 182 Å². The van der Waals surface area contributed by atoms with Crippen molar-refractivity contribution in [3.05, 3.63) is 322 Å². The van der Waals surface area contributed by atoms with E-state index >= 15 is 0 Å². The summed E-state index contributed by atoms with van der Waals surface area (Å²) < 4.78 is 362. The highest BCUT2D eigenvalue weighted by Gasteiger charge is 2.37. The third-order valence-electron chi connectivity index (χ3n) is 23.0. The minimum absolute atomic E-state index is 0.00369. The number of halogens is 5. The highest BCUT2D eigenvalue weighted by molar-refractivity contribution is 6.00. The van der Waals surface area contributed by atoms with Crippen LogP contribution in [0.25, 0.3) is 79.9 Å². The third kappa shape index (κ3) is 20.3. The van der Waals surface area contributed by atoms with Crippen molar-refractivity contribution in [3.63, 3.8) is 0 Å². The predicted molar refractivity (Wildman–Crippen MR) is 542 cm³/mol. The molecule has 5 aliphatic heterocycles. The average molecular weight is 2060 g/mol. The highest BCUT2D eigenvalue weighted by atomic mass is 19.1. The number of pyridine rings is 5.